The Bertz CT molecular complexity index is 486. The molecule has 0 aliphatic heterocycles. The van der Waals surface area contributed by atoms with Crippen LogP contribution in [0.1, 0.15) is 38.3 Å². The molecule has 1 rings (SSSR count). The normalized spacial score (nSPS) is 14.4. The molecule has 0 aliphatic carbocycles. The molecule has 1 aromatic carbocycles. The van der Waals surface area contributed by atoms with Gasteiger partial charge in [-0.3, -0.25) is 0 Å². The number of primary amides is 1. The van der Waals surface area contributed by atoms with E-state index in [0.717, 1.165) is 11.8 Å². The van der Waals surface area contributed by atoms with Crippen molar-refractivity contribution in [3.05, 3.63) is 35.9 Å². The van der Waals surface area contributed by atoms with Gasteiger partial charge in [0.1, 0.15) is 11.9 Å². The van der Waals surface area contributed by atoms with Crippen LogP contribution >= 0.6 is 0 Å². The van der Waals surface area contributed by atoms with Crippen LogP contribution in [0.25, 0.3) is 0 Å². The lowest BCUT2D eigenvalue weighted by Crippen LogP contribution is -2.34. The van der Waals surface area contributed by atoms with Crippen molar-refractivity contribution >= 4 is 12.4 Å². The first-order valence-electron chi connectivity index (χ1n) is 7.40. The lowest BCUT2D eigenvalue weighted by Gasteiger charge is -2.31. The smallest absolute Gasteiger partial charge is 0.405 e. The van der Waals surface area contributed by atoms with Crippen LogP contribution in [0.4, 0.5) is 4.79 Å². The molecular weight excluding hydrogens is 280 g/mol. The van der Waals surface area contributed by atoms with Gasteiger partial charge in [-0.2, -0.15) is 0 Å². The van der Waals surface area contributed by atoms with E-state index >= 15 is 0 Å². The van der Waals surface area contributed by atoms with Crippen molar-refractivity contribution in [1.29, 1.82) is 0 Å². The summed E-state index contributed by atoms with van der Waals surface area (Å²) in [4.78, 5) is 24.5. The molecule has 5 heteroatoms. The summed E-state index contributed by atoms with van der Waals surface area (Å²) in [5.74, 6) is -0.220. The Morgan fingerprint density at radius 2 is 1.91 bits per heavy atom. The van der Waals surface area contributed by atoms with E-state index in [-0.39, 0.29) is 12.0 Å². The van der Waals surface area contributed by atoms with Gasteiger partial charge in [0.15, 0.2) is 0 Å². The number of nitrogens with two attached hydrogens (primary N) is 1. The Hall–Kier alpha value is -1.88. The zero-order chi connectivity index (χ0) is 16.8. The van der Waals surface area contributed by atoms with Crippen molar-refractivity contribution in [2.24, 2.45) is 11.7 Å². The molecule has 0 saturated heterocycles. The molecule has 2 N–H and O–H groups in total. The maximum absolute atomic E-state index is 11.5. The Balaban J connectivity index is 2.82. The SMILES string of the molecule is CN(C)[C@@H](C[C@H](C=O)CC(C)(C)OC(N)=O)c1ccccc1. The summed E-state index contributed by atoms with van der Waals surface area (Å²) in [6.45, 7) is 3.53. The minimum Gasteiger partial charge on any atom is -0.444 e. The number of aldehydes is 1. The quantitative estimate of drug-likeness (QED) is 0.750. The molecule has 0 radical (unpaired) electrons. The number of nitrogens with zero attached hydrogens (tertiary/aromatic N) is 1. The Labute approximate surface area is 132 Å². The molecule has 0 aliphatic rings. The van der Waals surface area contributed by atoms with Crippen molar-refractivity contribution in [3.63, 3.8) is 0 Å². The number of rotatable bonds is 8. The van der Waals surface area contributed by atoms with Crippen LogP contribution < -0.4 is 5.73 Å². The lowest BCUT2D eigenvalue weighted by molar-refractivity contribution is -0.113. The van der Waals surface area contributed by atoms with E-state index in [4.69, 9.17) is 10.5 Å². The molecule has 0 unspecified atom stereocenters. The molecule has 0 spiro atoms. The summed E-state index contributed by atoms with van der Waals surface area (Å²) < 4.78 is 5.08. The molecule has 5 nitrogen and oxygen atoms in total. The van der Waals surface area contributed by atoms with Crippen molar-refractivity contribution < 1.29 is 14.3 Å². The number of hydrogen-bond acceptors (Lipinski definition) is 4. The van der Waals surface area contributed by atoms with Gasteiger partial charge in [-0.05, 0) is 46.3 Å². The first-order valence-corrected chi connectivity index (χ1v) is 7.40. The third-order valence-electron chi connectivity index (χ3n) is 3.66. The third kappa shape index (κ3) is 5.85. The predicted octanol–water partition coefficient (Wildman–Crippen LogP) is 2.76. The van der Waals surface area contributed by atoms with Gasteiger partial charge in [0.05, 0.1) is 0 Å². The highest BCUT2D eigenvalue weighted by Gasteiger charge is 2.29. The Morgan fingerprint density at radius 3 is 2.36 bits per heavy atom. The molecular formula is C17H26N2O3. The fourth-order valence-corrected chi connectivity index (χ4v) is 2.74. The number of ether oxygens (including phenoxy) is 1. The van der Waals surface area contributed by atoms with Gasteiger partial charge >= 0.3 is 6.09 Å². The minimum atomic E-state index is -0.818. The number of benzene rings is 1. The topological polar surface area (TPSA) is 72.6 Å². The highest BCUT2D eigenvalue weighted by Crippen LogP contribution is 2.30. The van der Waals surface area contributed by atoms with Crippen molar-refractivity contribution in [2.45, 2.75) is 38.3 Å². The standard InChI is InChI=1S/C17H26N2O3/c1-17(2,22-16(18)21)11-13(12-20)10-15(19(3)4)14-8-6-5-7-9-14/h5-9,12-13,15H,10-11H2,1-4H3,(H2,18,21)/t13-,15-/m0/s1. The van der Waals surface area contributed by atoms with E-state index in [2.05, 4.69) is 17.0 Å². The van der Waals surface area contributed by atoms with Gasteiger partial charge < -0.3 is 20.2 Å². The van der Waals surface area contributed by atoms with Crippen LogP contribution in [0.5, 0.6) is 0 Å². The second-order valence-corrected chi connectivity index (χ2v) is 6.41. The monoisotopic (exact) mass is 306 g/mol. The average molecular weight is 306 g/mol. The molecule has 0 aromatic heterocycles. The third-order valence-corrected chi connectivity index (χ3v) is 3.66. The molecule has 0 bridgehead atoms. The maximum Gasteiger partial charge on any atom is 0.405 e. The average Bonchev–Trinajstić information content (AvgIpc) is 2.42. The summed E-state index contributed by atoms with van der Waals surface area (Å²) in [6, 6.07) is 10.2. The summed E-state index contributed by atoms with van der Waals surface area (Å²) >= 11 is 0. The summed E-state index contributed by atoms with van der Waals surface area (Å²) in [5.41, 5.74) is 5.48. The Kier molecular flexibility index (Phi) is 6.56. The minimum absolute atomic E-state index is 0.126. The summed E-state index contributed by atoms with van der Waals surface area (Å²) in [7, 11) is 3.98. The maximum atomic E-state index is 11.5. The van der Waals surface area contributed by atoms with E-state index in [0.29, 0.717) is 12.8 Å². The fraction of sp³-hybridized carbons (Fsp3) is 0.529. The second-order valence-electron chi connectivity index (χ2n) is 6.41. The number of carbonyl (C=O) groups is 2. The first-order chi connectivity index (χ1) is 10.2. The highest BCUT2D eigenvalue weighted by molar-refractivity contribution is 5.65. The van der Waals surface area contributed by atoms with Crippen molar-refractivity contribution in [1.82, 2.24) is 4.90 Å². The zero-order valence-electron chi connectivity index (χ0n) is 13.8. The molecule has 0 heterocycles. The van der Waals surface area contributed by atoms with Crippen LogP contribution in [0.2, 0.25) is 0 Å². The highest BCUT2D eigenvalue weighted by atomic mass is 16.6. The van der Waals surface area contributed by atoms with Crippen LogP contribution in [0.3, 0.4) is 0 Å². The molecule has 1 amide bonds. The van der Waals surface area contributed by atoms with Crippen LogP contribution in [0.15, 0.2) is 30.3 Å². The van der Waals surface area contributed by atoms with Crippen LogP contribution in [-0.4, -0.2) is 37.0 Å². The van der Waals surface area contributed by atoms with Crippen LogP contribution in [0, 0.1) is 5.92 Å². The summed E-state index contributed by atoms with van der Waals surface area (Å²) in [6.07, 6.45) is 1.22. The van der Waals surface area contributed by atoms with Gasteiger partial charge in [-0.15, -0.1) is 0 Å². The van der Waals surface area contributed by atoms with E-state index in [9.17, 15) is 9.59 Å². The second kappa shape index (κ2) is 7.94. The van der Waals surface area contributed by atoms with E-state index in [1.807, 2.05) is 32.3 Å². The van der Waals surface area contributed by atoms with Gasteiger partial charge in [-0.25, -0.2) is 4.79 Å². The van der Waals surface area contributed by atoms with E-state index in [1.165, 1.54) is 0 Å². The van der Waals surface area contributed by atoms with Crippen LogP contribution in [-0.2, 0) is 9.53 Å². The van der Waals surface area contributed by atoms with Gasteiger partial charge in [0.25, 0.3) is 0 Å². The van der Waals surface area contributed by atoms with Gasteiger partial charge in [0, 0.05) is 12.0 Å². The molecule has 0 fully saturated rings. The van der Waals surface area contributed by atoms with E-state index in [1.54, 1.807) is 13.8 Å². The molecule has 2 atom stereocenters. The van der Waals surface area contributed by atoms with Gasteiger partial charge in [-0.1, -0.05) is 30.3 Å². The number of amides is 1. The van der Waals surface area contributed by atoms with Gasteiger partial charge in [0.2, 0.25) is 0 Å². The molecule has 22 heavy (non-hydrogen) atoms. The Morgan fingerprint density at radius 1 is 1.32 bits per heavy atom. The lowest BCUT2D eigenvalue weighted by atomic mass is 9.87. The summed E-state index contributed by atoms with van der Waals surface area (Å²) in [5, 5.41) is 0. The molecule has 122 valence electrons. The van der Waals surface area contributed by atoms with Crippen molar-refractivity contribution in [2.75, 3.05) is 14.1 Å². The number of hydrogen-bond donors (Lipinski definition) is 1. The largest absolute Gasteiger partial charge is 0.444 e. The zero-order valence-corrected chi connectivity index (χ0v) is 13.8. The predicted molar refractivity (Wildman–Crippen MR) is 86.4 cm³/mol. The van der Waals surface area contributed by atoms with Crippen molar-refractivity contribution in [3.8, 4) is 0 Å². The fourth-order valence-electron chi connectivity index (χ4n) is 2.74. The van der Waals surface area contributed by atoms with E-state index < -0.39 is 11.7 Å². The number of carbonyl (C=O) groups excluding carboxylic acids is 2. The first kappa shape index (κ1) is 18.2. The molecule has 0 saturated carbocycles. The molecule has 1 aromatic rings.